The molecule has 0 saturated heterocycles. The van der Waals surface area contributed by atoms with Gasteiger partial charge in [0.2, 0.25) is 5.91 Å². The van der Waals surface area contributed by atoms with Crippen molar-refractivity contribution in [2.75, 3.05) is 13.1 Å². The number of halogens is 2. The third-order valence-electron chi connectivity index (χ3n) is 2.60. The third kappa shape index (κ3) is 6.03. The standard InChI is InChI=1S/C14H20ClFN2O/c1-10(2)8-18-14(19)6-7-17-9-11-12(15)4-3-5-13(11)16/h3-5,10,17H,6-9H2,1-2H3,(H,18,19). The van der Waals surface area contributed by atoms with Crippen LogP contribution in [0.15, 0.2) is 18.2 Å². The van der Waals surface area contributed by atoms with Crippen molar-refractivity contribution in [3.8, 4) is 0 Å². The number of rotatable bonds is 7. The van der Waals surface area contributed by atoms with Crippen molar-refractivity contribution in [2.45, 2.75) is 26.8 Å². The van der Waals surface area contributed by atoms with Crippen molar-refractivity contribution in [1.29, 1.82) is 0 Å². The van der Waals surface area contributed by atoms with E-state index >= 15 is 0 Å². The fraction of sp³-hybridized carbons (Fsp3) is 0.500. The maximum atomic E-state index is 13.4. The van der Waals surface area contributed by atoms with E-state index < -0.39 is 0 Å². The molecule has 0 aliphatic carbocycles. The highest BCUT2D eigenvalue weighted by Crippen LogP contribution is 2.18. The summed E-state index contributed by atoms with van der Waals surface area (Å²) in [6.45, 7) is 5.58. The largest absolute Gasteiger partial charge is 0.356 e. The minimum atomic E-state index is -0.329. The Bertz CT molecular complexity index is 404. The highest BCUT2D eigenvalue weighted by atomic mass is 35.5. The Kier molecular flexibility index (Phi) is 6.81. The van der Waals surface area contributed by atoms with Gasteiger partial charge in [-0.3, -0.25) is 4.79 Å². The molecule has 0 spiro atoms. The van der Waals surface area contributed by atoms with Gasteiger partial charge in [0, 0.05) is 36.6 Å². The number of benzene rings is 1. The molecule has 1 aromatic rings. The van der Waals surface area contributed by atoms with Gasteiger partial charge < -0.3 is 10.6 Å². The molecule has 0 aliphatic heterocycles. The Morgan fingerprint density at radius 2 is 2.16 bits per heavy atom. The maximum Gasteiger partial charge on any atom is 0.221 e. The number of carbonyl (C=O) groups is 1. The molecule has 0 aromatic heterocycles. The van der Waals surface area contributed by atoms with Crippen LogP contribution in [-0.2, 0) is 11.3 Å². The molecule has 0 fully saturated rings. The van der Waals surface area contributed by atoms with Crippen molar-refractivity contribution in [3.05, 3.63) is 34.6 Å². The summed E-state index contributed by atoms with van der Waals surface area (Å²) in [5.41, 5.74) is 0.437. The quantitative estimate of drug-likeness (QED) is 0.757. The van der Waals surface area contributed by atoms with E-state index in [0.717, 1.165) is 0 Å². The zero-order chi connectivity index (χ0) is 14.3. The summed E-state index contributed by atoms with van der Waals surface area (Å²) in [5.74, 6) is 0.110. The Labute approximate surface area is 118 Å². The summed E-state index contributed by atoms with van der Waals surface area (Å²) in [4.78, 5) is 11.4. The van der Waals surface area contributed by atoms with Crippen LogP contribution in [-0.4, -0.2) is 19.0 Å². The lowest BCUT2D eigenvalue weighted by atomic mass is 10.2. The van der Waals surface area contributed by atoms with Crippen LogP contribution < -0.4 is 10.6 Å². The molecular formula is C14H20ClFN2O. The van der Waals surface area contributed by atoms with Crippen LogP contribution in [0.25, 0.3) is 0 Å². The number of hydrogen-bond acceptors (Lipinski definition) is 2. The second-order valence-electron chi connectivity index (χ2n) is 4.82. The van der Waals surface area contributed by atoms with Gasteiger partial charge in [0.15, 0.2) is 0 Å². The first kappa shape index (κ1) is 15.9. The van der Waals surface area contributed by atoms with Gasteiger partial charge in [0.25, 0.3) is 0 Å². The second-order valence-corrected chi connectivity index (χ2v) is 5.23. The molecule has 3 nitrogen and oxygen atoms in total. The summed E-state index contributed by atoms with van der Waals surface area (Å²) in [7, 11) is 0. The van der Waals surface area contributed by atoms with E-state index in [-0.39, 0.29) is 11.7 Å². The molecule has 19 heavy (non-hydrogen) atoms. The van der Waals surface area contributed by atoms with Crippen LogP contribution >= 0.6 is 11.6 Å². The van der Waals surface area contributed by atoms with Crippen LogP contribution in [0.3, 0.4) is 0 Å². The highest BCUT2D eigenvalue weighted by molar-refractivity contribution is 6.31. The summed E-state index contributed by atoms with van der Waals surface area (Å²) in [5, 5.41) is 6.24. The zero-order valence-electron chi connectivity index (χ0n) is 11.3. The van der Waals surface area contributed by atoms with E-state index in [2.05, 4.69) is 10.6 Å². The highest BCUT2D eigenvalue weighted by Gasteiger charge is 2.06. The van der Waals surface area contributed by atoms with Gasteiger partial charge in [-0.15, -0.1) is 0 Å². The molecule has 5 heteroatoms. The summed E-state index contributed by atoms with van der Waals surface area (Å²) in [6.07, 6.45) is 0.374. The van der Waals surface area contributed by atoms with E-state index in [4.69, 9.17) is 11.6 Å². The molecule has 106 valence electrons. The lowest BCUT2D eigenvalue weighted by molar-refractivity contribution is -0.121. The van der Waals surface area contributed by atoms with Crippen LogP contribution in [0.1, 0.15) is 25.8 Å². The van der Waals surface area contributed by atoms with Gasteiger partial charge in [-0.2, -0.15) is 0 Å². The first-order valence-corrected chi connectivity index (χ1v) is 6.78. The van der Waals surface area contributed by atoms with Gasteiger partial charge in [0.05, 0.1) is 0 Å². The average molecular weight is 287 g/mol. The van der Waals surface area contributed by atoms with Crippen LogP contribution in [0.4, 0.5) is 4.39 Å². The Morgan fingerprint density at radius 3 is 2.79 bits per heavy atom. The topological polar surface area (TPSA) is 41.1 Å². The van der Waals surface area contributed by atoms with Gasteiger partial charge in [-0.1, -0.05) is 31.5 Å². The van der Waals surface area contributed by atoms with Crippen molar-refractivity contribution in [2.24, 2.45) is 5.92 Å². The summed E-state index contributed by atoms with van der Waals surface area (Å²) < 4.78 is 13.4. The van der Waals surface area contributed by atoms with E-state index in [1.165, 1.54) is 6.07 Å². The van der Waals surface area contributed by atoms with Gasteiger partial charge in [0.1, 0.15) is 5.82 Å². The molecule has 1 aromatic carbocycles. The van der Waals surface area contributed by atoms with E-state index in [0.29, 0.717) is 42.6 Å². The van der Waals surface area contributed by atoms with Crippen LogP contribution in [0.5, 0.6) is 0 Å². The molecule has 0 bridgehead atoms. The second kappa shape index (κ2) is 8.12. The number of nitrogens with one attached hydrogen (secondary N) is 2. The van der Waals surface area contributed by atoms with E-state index in [9.17, 15) is 9.18 Å². The predicted octanol–water partition coefficient (Wildman–Crippen LogP) is 2.73. The predicted molar refractivity (Wildman–Crippen MR) is 75.6 cm³/mol. The Balaban J connectivity index is 2.26. The molecule has 0 unspecified atom stereocenters. The maximum absolute atomic E-state index is 13.4. The van der Waals surface area contributed by atoms with E-state index in [1.807, 2.05) is 13.8 Å². The first-order chi connectivity index (χ1) is 9.00. The molecular weight excluding hydrogens is 267 g/mol. The zero-order valence-corrected chi connectivity index (χ0v) is 12.1. The molecule has 1 amide bonds. The molecule has 0 saturated carbocycles. The Hall–Kier alpha value is -1.13. The van der Waals surface area contributed by atoms with Crippen molar-refractivity contribution in [3.63, 3.8) is 0 Å². The number of amides is 1. The minimum absolute atomic E-state index is 0.000769. The Morgan fingerprint density at radius 1 is 1.42 bits per heavy atom. The molecule has 0 radical (unpaired) electrons. The molecule has 0 aliphatic rings. The lowest BCUT2D eigenvalue weighted by Crippen LogP contribution is -2.30. The SMILES string of the molecule is CC(C)CNC(=O)CCNCc1c(F)cccc1Cl. The van der Waals surface area contributed by atoms with Crippen molar-refractivity contribution < 1.29 is 9.18 Å². The monoisotopic (exact) mass is 286 g/mol. The molecule has 2 N–H and O–H groups in total. The van der Waals surface area contributed by atoms with Crippen molar-refractivity contribution in [1.82, 2.24) is 10.6 Å². The average Bonchev–Trinajstić information content (AvgIpc) is 2.35. The van der Waals surface area contributed by atoms with Gasteiger partial charge >= 0.3 is 0 Å². The van der Waals surface area contributed by atoms with Crippen molar-refractivity contribution >= 4 is 17.5 Å². The normalized spacial score (nSPS) is 10.8. The molecule has 1 rings (SSSR count). The van der Waals surface area contributed by atoms with Gasteiger partial charge in [-0.25, -0.2) is 4.39 Å². The smallest absolute Gasteiger partial charge is 0.221 e. The third-order valence-corrected chi connectivity index (χ3v) is 2.95. The lowest BCUT2D eigenvalue weighted by Gasteiger charge is -2.09. The fourth-order valence-corrected chi connectivity index (χ4v) is 1.75. The summed E-state index contributed by atoms with van der Waals surface area (Å²) >= 11 is 5.90. The fourth-order valence-electron chi connectivity index (χ4n) is 1.52. The minimum Gasteiger partial charge on any atom is -0.356 e. The van der Waals surface area contributed by atoms with E-state index in [1.54, 1.807) is 12.1 Å². The van der Waals surface area contributed by atoms with Crippen LogP contribution in [0, 0.1) is 11.7 Å². The van der Waals surface area contributed by atoms with Crippen LogP contribution in [0.2, 0.25) is 5.02 Å². The first-order valence-electron chi connectivity index (χ1n) is 6.41. The number of hydrogen-bond donors (Lipinski definition) is 2. The van der Waals surface area contributed by atoms with Gasteiger partial charge in [-0.05, 0) is 18.1 Å². The molecule has 0 heterocycles. The summed E-state index contributed by atoms with van der Waals surface area (Å²) in [6, 6.07) is 4.59. The number of carbonyl (C=O) groups excluding carboxylic acids is 1. The molecule has 0 atom stereocenters.